The van der Waals surface area contributed by atoms with Crippen LogP contribution in [0.4, 0.5) is 11.5 Å². The van der Waals surface area contributed by atoms with Crippen molar-refractivity contribution in [1.29, 1.82) is 0 Å². The minimum Gasteiger partial charge on any atom is -0.478 e. The summed E-state index contributed by atoms with van der Waals surface area (Å²) in [4.78, 5) is 21.2. The van der Waals surface area contributed by atoms with Crippen LogP contribution in [0, 0.1) is 5.41 Å². The van der Waals surface area contributed by atoms with Gasteiger partial charge >= 0.3 is 0 Å². The zero-order chi connectivity index (χ0) is 23.5. The van der Waals surface area contributed by atoms with Crippen molar-refractivity contribution in [3.05, 3.63) is 47.0 Å². The predicted molar refractivity (Wildman–Crippen MR) is 137 cm³/mol. The van der Waals surface area contributed by atoms with Gasteiger partial charge in [0.2, 0.25) is 11.8 Å². The number of amides is 1. The number of unbranched alkanes of at least 4 members (excludes halogenated alkanes) is 1. The molecule has 1 fully saturated rings. The van der Waals surface area contributed by atoms with Gasteiger partial charge in [-0.25, -0.2) is 0 Å². The molecule has 1 N–H and O–H groups in total. The Hall–Kier alpha value is -2.60. The molecule has 182 valence electrons. The van der Waals surface area contributed by atoms with Gasteiger partial charge in [-0.2, -0.15) is 4.98 Å². The maximum Gasteiger partial charge on any atom is 0.225 e. The normalized spacial score (nSPS) is 19.8. The number of carbonyl (C=O) groups is 1. The molecule has 0 bridgehead atoms. The number of hydrogen-bond donors (Lipinski definition) is 1. The number of pyridine rings is 1. The second-order valence-corrected chi connectivity index (χ2v) is 10.8. The van der Waals surface area contributed by atoms with Gasteiger partial charge in [0.25, 0.3) is 0 Å². The van der Waals surface area contributed by atoms with Crippen molar-refractivity contribution in [2.24, 2.45) is 5.41 Å². The van der Waals surface area contributed by atoms with Crippen LogP contribution in [-0.4, -0.2) is 55.1 Å². The average molecular weight is 463 g/mol. The maximum absolute atomic E-state index is 11.6. The fraction of sp³-hybridized carbons (Fsp3) is 0.571. The summed E-state index contributed by atoms with van der Waals surface area (Å²) in [5, 5.41) is 2.84. The number of aryl methyl sites for hydroxylation is 2. The second kappa shape index (κ2) is 9.95. The number of benzene rings is 1. The van der Waals surface area contributed by atoms with Crippen molar-refractivity contribution in [2.75, 3.05) is 49.5 Å². The maximum atomic E-state index is 11.6. The van der Waals surface area contributed by atoms with E-state index in [0.29, 0.717) is 30.1 Å². The molecule has 0 saturated carbocycles. The number of hydrogen-bond acceptors (Lipinski definition) is 5. The van der Waals surface area contributed by atoms with Crippen LogP contribution < -0.4 is 15.0 Å². The minimum atomic E-state index is 0.0354. The summed E-state index contributed by atoms with van der Waals surface area (Å²) < 4.78 is 5.85. The summed E-state index contributed by atoms with van der Waals surface area (Å²) in [6.45, 7) is 11.1. The Balaban J connectivity index is 1.05. The molecule has 1 amide bonds. The number of anilines is 2. The monoisotopic (exact) mass is 462 g/mol. The SMILES string of the molecule is CC1(C)CCc2cccc(N3CCN(CCCCOc4ccc5c(n4)NC(=O)CC5)CC3)c2C1. The molecule has 2 aliphatic heterocycles. The number of piperazine rings is 1. The highest BCUT2D eigenvalue weighted by Crippen LogP contribution is 2.39. The number of ether oxygens (including phenoxy) is 1. The summed E-state index contributed by atoms with van der Waals surface area (Å²) in [6.07, 6.45) is 7.13. The molecule has 1 aromatic heterocycles. The van der Waals surface area contributed by atoms with E-state index < -0.39 is 0 Å². The van der Waals surface area contributed by atoms with Gasteiger partial charge in [0, 0.05) is 44.4 Å². The van der Waals surface area contributed by atoms with Gasteiger partial charge in [-0.15, -0.1) is 0 Å². The van der Waals surface area contributed by atoms with E-state index in [1.807, 2.05) is 12.1 Å². The molecule has 34 heavy (non-hydrogen) atoms. The second-order valence-electron chi connectivity index (χ2n) is 10.8. The van der Waals surface area contributed by atoms with E-state index in [-0.39, 0.29) is 5.91 Å². The predicted octanol–water partition coefficient (Wildman–Crippen LogP) is 4.46. The fourth-order valence-electron chi connectivity index (χ4n) is 5.53. The van der Waals surface area contributed by atoms with Crippen LogP contribution >= 0.6 is 0 Å². The van der Waals surface area contributed by atoms with Crippen molar-refractivity contribution in [3.63, 3.8) is 0 Å². The molecule has 0 spiro atoms. The highest BCUT2D eigenvalue weighted by atomic mass is 16.5. The standard InChI is InChI=1S/C28H38N4O2/c1-28(2)13-12-21-6-5-7-24(23(21)20-28)32-17-15-31(16-18-32)14-3-4-19-34-26-11-9-22-8-10-25(33)29-27(22)30-26/h5-7,9,11H,3-4,8,10,12-20H2,1-2H3,(H,29,30,33). The van der Waals surface area contributed by atoms with E-state index in [9.17, 15) is 4.79 Å². The topological polar surface area (TPSA) is 57.7 Å². The molecule has 1 aliphatic carbocycles. The Morgan fingerprint density at radius 2 is 1.85 bits per heavy atom. The van der Waals surface area contributed by atoms with E-state index in [0.717, 1.165) is 57.5 Å². The molecule has 1 saturated heterocycles. The molecule has 0 radical (unpaired) electrons. The first kappa shape index (κ1) is 23.2. The van der Waals surface area contributed by atoms with Gasteiger partial charge in [0.05, 0.1) is 6.61 Å². The van der Waals surface area contributed by atoms with Crippen LogP contribution in [0.5, 0.6) is 5.88 Å². The molecule has 3 heterocycles. The Morgan fingerprint density at radius 1 is 1.00 bits per heavy atom. The summed E-state index contributed by atoms with van der Waals surface area (Å²) in [7, 11) is 0. The van der Waals surface area contributed by atoms with E-state index >= 15 is 0 Å². The van der Waals surface area contributed by atoms with Crippen molar-refractivity contribution in [3.8, 4) is 5.88 Å². The van der Waals surface area contributed by atoms with Crippen LogP contribution in [0.15, 0.2) is 30.3 Å². The highest BCUT2D eigenvalue weighted by molar-refractivity contribution is 5.92. The zero-order valence-corrected chi connectivity index (χ0v) is 20.7. The van der Waals surface area contributed by atoms with E-state index in [2.05, 4.69) is 52.1 Å². The van der Waals surface area contributed by atoms with E-state index in [1.165, 1.54) is 24.9 Å². The van der Waals surface area contributed by atoms with Crippen LogP contribution in [0.25, 0.3) is 0 Å². The number of nitrogens with one attached hydrogen (secondary N) is 1. The first-order valence-corrected chi connectivity index (χ1v) is 13.0. The highest BCUT2D eigenvalue weighted by Gasteiger charge is 2.29. The molecule has 0 unspecified atom stereocenters. The lowest BCUT2D eigenvalue weighted by molar-refractivity contribution is -0.116. The van der Waals surface area contributed by atoms with E-state index in [4.69, 9.17) is 4.74 Å². The Morgan fingerprint density at radius 3 is 2.71 bits per heavy atom. The quantitative estimate of drug-likeness (QED) is 0.616. The fourth-order valence-corrected chi connectivity index (χ4v) is 5.53. The third kappa shape index (κ3) is 5.38. The summed E-state index contributed by atoms with van der Waals surface area (Å²) in [5.74, 6) is 1.30. The molecular formula is C28H38N4O2. The molecule has 5 rings (SSSR count). The van der Waals surface area contributed by atoms with Crippen LogP contribution in [0.1, 0.15) is 56.2 Å². The van der Waals surface area contributed by atoms with Crippen molar-refractivity contribution < 1.29 is 9.53 Å². The Labute approximate surface area is 203 Å². The molecule has 6 heteroatoms. The third-order valence-electron chi connectivity index (χ3n) is 7.64. The summed E-state index contributed by atoms with van der Waals surface area (Å²) >= 11 is 0. The largest absolute Gasteiger partial charge is 0.478 e. The third-order valence-corrected chi connectivity index (χ3v) is 7.64. The van der Waals surface area contributed by atoms with Gasteiger partial charge in [-0.3, -0.25) is 9.69 Å². The zero-order valence-electron chi connectivity index (χ0n) is 20.7. The molecule has 6 nitrogen and oxygen atoms in total. The lowest BCUT2D eigenvalue weighted by Crippen LogP contribution is -2.47. The van der Waals surface area contributed by atoms with Gasteiger partial charge in [0.1, 0.15) is 5.82 Å². The van der Waals surface area contributed by atoms with Crippen molar-refractivity contribution >= 4 is 17.4 Å². The molecule has 1 aromatic carbocycles. The summed E-state index contributed by atoms with van der Waals surface area (Å²) in [6, 6.07) is 10.9. The first-order valence-electron chi connectivity index (χ1n) is 13.0. The molecule has 3 aliphatic rings. The van der Waals surface area contributed by atoms with E-state index in [1.54, 1.807) is 11.1 Å². The smallest absolute Gasteiger partial charge is 0.225 e. The number of aromatic nitrogens is 1. The first-order chi connectivity index (χ1) is 16.5. The van der Waals surface area contributed by atoms with Crippen LogP contribution in [0.2, 0.25) is 0 Å². The molecule has 0 atom stereocenters. The van der Waals surface area contributed by atoms with Gasteiger partial charge in [-0.1, -0.05) is 26.0 Å². The van der Waals surface area contributed by atoms with Gasteiger partial charge < -0.3 is 15.0 Å². The number of carbonyl (C=O) groups excluding carboxylic acids is 1. The Bertz CT molecular complexity index is 1030. The van der Waals surface area contributed by atoms with Gasteiger partial charge in [0.15, 0.2) is 0 Å². The average Bonchev–Trinajstić information content (AvgIpc) is 2.83. The Kier molecular flexibility index (Phi) is 6.77. The summed E-state index contributed by atoms with van der Waals surface area (Å²) in [5.41, 5.74) is 6.14. The molecular weight excluding hydrogens is 424 g/mol. The van der Waals surface area contributed by atoms with Crippen molar-refractivity contribution in [2.45, 2.75) is 58.8 Å². The van der Waals surface area contributed by atoms with Gasteiger partial charge in [-0.05, 0) is 79.3 Å². The van der Waals surface area contributed by atoms with Crippen molar-refractivity contribution in [1.82, 2.24) is 9.88 Å². The van der Waals surface area contributed by atoms with Crippen LogP contribution in [-0.2, 0) is 24.1 Å². The number of rotatable bonds is 7. The minimum absolute atomic E-state index is 0.0354. The lowest BCUT2D eigenvalue weighted by Gasteiger charge is -2.40. The number of nitrogens with zero attached hydrogens (tertiary/aromatic N) is 3. The molecule has 2 aromatic rings. The lowest BCUT2D eigenvalue weighted by atomic mass is 9.74. The number of fused-ring (bicyclic) bond motifs is 2. The van der Waals surface area contributed by atoms with Crippen LogP contribution in [0.3, 0.4) is 0 Å².